The van der Waals surface area contributed by atoms with Crippen LogP contribution >= 0.6 is 22.6 Å². The molecule has 0 saturated carbocycles. The molecule has 1 aliphatic heterocycles. The topological polar surface area (TPSA) is 125 Å². The summed E-state index contributed by atoms with van der Waals surface area (Å²) in [5.41, 5.74) is -0.741. The van der Waals surface area contributed by atoms with Crippen molar-refractivity contribution in [3.8, 4) is 5.75 Å². The molecule has 0 spiro atoms. The second kappa shape index (κ2) is 12.3. The van der Waals surface area contributed by atoms with E-state index in [-0.39, 0.29) is 29.2 Å². The third kappa shape index (κ3) is 7.90. The number of amides is 1. The highest BCUT2D eigenvalue weighted by molar-refractivity contribution is 14.1. The molecule has 1 aliphatic rings. The van der Waals surface area contributed by atoms with Crippen LogP contribution in [0.2, 0.25) is 0 Å². The van der Waals surface area contributed by atoms with Crippen LogP contribution in [-0.4, -0.2) is 46.5 Å². The van der Waals surface area contributed by atoms with Crippen molar-refractivity contribution in [1.29, 1.82) is 0 Å². The molecule has 1 saturated heterocycles. The second-order valence-electron chi connectivity index (χ2n) is 10.5. The second-order valence-corrected chi connectivity index (χ2v) is 11.7. The minimum atomic E-state index is -1.03. The Morgan fingerprint density at radius 2 is 1.64 bits per heavy atom. The van der Waals surface area contributed by atoms with Crippen LogP contribution in [0, 0.1) is 19.6 Å². The van der Waals surface area contributed by atoms with Gasteiger partial charge in [0.25, 0.3) is 5.69 Å². The summed E-state index contributed by atoms with van der Waals surface area (Å²) in [6.45, 7) is 9.89. The number of likely N-dealkylation sites (tertiary alicyclic amines) is 1. The first-order valence-corrected chi connectivity index (χ1v) is 13.8. The van der Waals surface area contributed by atoms with E-state index in [0.717, 1.165) is 0 Å². The lowest BCUT2D eigenvalue weighted by Crippen LogP contribution is -2.44. The summed E-state index contributed by atoms with van der Waals surface area (Å²) in [6, 6.07) is 10.5. The number of hydrogen-bond donors (Lipinski definition) is 0. The summed E-state index contributed by atoms with van der Waals surface area (Å²) in [6.07, 6.45) is 1.27. The van der Waals surface area contributed by atoms with Crippen molar-refractivity contribution in [2.75, 3.05) is 13.1 Å². The molecule has 1 fully saturated rings. The largest absolute Gasteiger partial charge is 0.451 e. The van der Waals surface area contributed by atoms with Crippen LogP contribution in [0.3, 0.4) is 0 Å². The number of carbonyl (C=O) groups excluding carboxylic acids is 3. The van der Waals surface area contributed by atoms with Gasteiger partial charge in [-0.1, -0.05) is 6.92 Å². The average molecular weight is 652 g/mol. The lowest BCUT2D eigenvalue weighted by Gasteiger charge is -2.33. The molecule has 0 bridgehead atoms. The van der Waals surface area contributed by atoms with E-state index in [1.807, 2.05) is 43.4 Å². The van der Waals surface area contributed by atoms with E-state index in [0.29, 0.717) is 47.2 Å². The molecule has 2 aromatic rings. The fourth-order valence-electron chi connectivity index (χ4n) is 3.91. The number of nitro groups is 1. The van der Waals surface area contributed by atoms with Crippen LogP contribution in [0.4, 0.5) is 10.5 Å². The summed E-state index contributed by atoms with van der Waals surface area (Å²) in [4.78, 5) is 50.1. The summed E-state index contributed by atoms with van der Waals surface area (Å²) in [7, 11) is 0. The van der Waals surface area contributed by atoms with E-state index in [4.69, 9.17) is 14.2 Å². The predicted octanol–water partition coefficient (Wildman–Crippen LogP) is 6.23. The third-order valence-corrected chi connectivity index (χ3v) is 7.64. The first-order chi connectivity index (χ1) is 18.2. The normalized spacial score (nSPS) is 14.5. The van der Waals surface area contributed by atoms with Crippen molar-refractivity contribution in [2.24, 2.45) is 5.92 Å². The van der Waals surface area contributed by atoms with Gasteiger partial charge < -0.3 is 19.1 Å². The zero-order valence-corrected chi connectivity index (χ0v) is 24.9. The van der Waals surface area contributed by atoms with Crippen LogP contribution in [0.15, 0.2) is 42.5 Å². The van der Waals surface area contributed by atoms with E-state index in [1.54, 1.807) is 43.0 Å². The van der Waals surface area contributed by atoms with E-state index in [9.17, 15) is 24.5 Å². The fourth-order valence-corrected chi connectivity index (χ4v) is 4.53. The Morgan fingerprint density at radius 1 is 1.03 bits per heavy atom. The molecule has 0 aromatic heterocycles. The van der Waals surface area contributed by atoms with Crippen LogP contribution < -0.4 is 4.74 Å². The van der Waals surface area contributed by atoms with Gasteiger partial charge in [-0.25, -0.2) is 9.59 Å². The lowest BCUT2D eigenvalue weighted by atomic mass is 9.97. The van der Waals surface area contributed by atoms with Crippen LogP contribution in [-0.2, 0) is 19.9 Å². The number of rotatable bonds is 8. The monoisotopic (exact) mass is 652 g/mol. The highest BCUT2D eigenvalue weighted by Gasteiger charge is 2.32. The Hall–Kier alpha value is -3.22. The van der Waals surface area contributed by atoms with Crippen LogP contribution in [0.25, 0.3) is 0 Å². The molecule has 3 rings (SSSR count). The Balaban J connectivity index is 1.57. The maximum absolute atomic E-state index is 12.8. The molecule has 0 N–H and O–H groups in total. The molecule has 0 radical (unpaired) electrons. The summed E-state index contributed by atoms with van der Waals surface area (Å²) < 4.78 is 17.4. The summed E-state index contributed by atoms with van der Waals surface area (Å²) in [5, 5.41) is 10.9. The number of benzene rings is 2. The first kappa shape index (κ1) is 30.3. The van der Waals surface area contributed by atoms with Gasteiger partial charge in [-0.15, -0.1) is 0 Å². The van der Waals surface area contributed by atoms with Gasteiger partial charge in [0.2, 0.25) is 0 Å². The molecule has 0 atom stereocenters. The number of nitrogens with zero attached hydrogens (tertiary/aromatic N) is 2. The van der Waals surface area contributed by atoms with E-state index >= 15 is 0 Å². The Bertz CT molecular complexity index is 1230. The minimum Gasteiger partial charge on any atom is -0.451 e. The fraction of sp³-hybridized carbons (Fsp3) is 0.464. The summed E-state index contributed by atoms with van der Waals surface area (Å²) >= 11 is 1.99. The van der Waals surface area contributed by atoms with Gasteiger partial charge in [0.1, 0.15) is 17.0 Å². The molecule has 11 heteroatoms. The zero-order valence-electron chi connectivity index (χ0n) is 22.7. The SMILES string of the molecule is CCC(C)(C)OC(=O)N1CCC(C(=O)Oc2ccc(C(=O)OC(C)(C)c3ccc([N+](=O)[O-])cc3)cc2I)CC1. The third-order valence-electron chi connectivity index (χ3n) is 6.80. The molecular weight excluding hydrogens is 619 g/mol. The van der Waals surface area contributed by atoms with Gasteiger partial charge in [-0.05, 0) is 105 Å². The van der Waals surface area contributed by atoms with E-state index in [2.05, 4.69) is 0 Å². The number of esters is 2. The number of hydrogen-bond acceptors (Lipinski definition) is 8. The number of nitro benzene ring substituents is 1. The number of non-ortho nitro benzene ring substituents is 1. The number of ether oxygens (including phenoxy) is 3. The van der Waals surface area contributed by atoms with Gasteiger partial charge in [0.05, 0.1) is 20.0 Å². The Kier molecular flexibility index (Phi) is 9.57. The standard InChI is InChI=1S/C28H33IN2O8/c1-6-27(2,3)39-26(34)30-15-13-18(14-16-30)24(32)37-23-12-7-19(17-22(23)29)25(33)38-28(4,5)20-8-10-21(11-9-20)31(35)36/h7-12,17-18H,6,13-16H2,1-5H3. The van der Waals surface area contributed by atoms with Crippen molar-refractivity contribution in [3.63, 3.8) is 0 Å². The molecular formula is C28H33IN2O8. The van der Waals surface area contributed by atoms with Crippen molar-refractivity contribution >= 4 is 46.3 Å². The van der Waals surface area contributed by atoms with E-state index < -0.39 is 22.1 Å². The first-order valence-electron chi connectivity index (χ1n) is 12.7. The molecule has 1 amide bonds. The number of halogens is 1. The van der Waals surface area contributed by atoms with Crippen LogP contribution in [0.1, 0.15) is 69.8 Å². The minimum absolute atomic E-state index is 0.0513. The zero-order chi connectivity index (χ0) is 29.0. The average Bonchev–Trinajstić information content (AvgIpc) is 2.89. The molecule has 10 nitrogen and oxygen atoms in total. The lowest BCUT2D eigenvalue weighted by molar-refractivity contribution is -0.384. The van der Waals surface area contributed by atoms with Crippen molar-refractivity contribution in [2.45, 2.75) is 65.1 Å². The maximum atomic E-state index is 12.8. The van der Waals surface area contributed by atoms with Crippen molar-refractivity contribution in [1.82, 2.24) is 4.90 Å². The van der Waals surface area contributed by atoms with Gasteiger partial charge in [-0.2, -0.15) is 0 Å². The molecule has 1 heterocycles. The molecule has 0 unspecified atom stereocenters. The van der Waals surface area contributed by atoms with Crippen molar-refractivity contribution in [3.05, 3.63) is 67.3 Å². The van der Waals surface area contributed by atoms with E-state index in [1.165, 1.54) is 18.2 Å². The van der Waals surface area contributed by atoms with Crippen LogP contribution in [0.5, 0.6) is 5.75 Å². The molecule has 2 aromatic carbocycles. The molecule has 39 heavy (non-hydrogen) atoms. The van der Waals surface area contributed by atoms with Gasteiger partial charge >= 0.3 is 18.0 Å². The number of carbonyl (C=O) groups is 3. The Labute approximate surface area is 241 Å². The Morgan fingerprint density at radius 3 is 2.18 bits per heavy atom. The highest BCUT2D eigenvalue weighted by Crippen LogP contribution is 2.30. The van der Waals surface area contributed by atoms with Gasteiger partial charge in [-0.3, -0.25) is 14.9 Å². The summed E-state index contributed by atoms with van der Waals surface area (Å²) in [5.74, 6) is -0.987. The predicted molar refractivity (Wildman–Crippen MR) is 151 cm³/mol. The smallest absolute Gasteiger partial charge is 0.410 e. The molecule has 0 aliphatic carbocycles. The maximum Gasteiger partial charge on any atom is 0.410 e. The molecule has 210 valence electrons. The van der Waals surface area contributed by atoms with Gasteiger partial charge in [0.15, 0.2) is 0 Å². The highest BCUT2D eigenvalue weighted by atomic mass is 127. The van der Waals surface area contributed by atoms with Crippen molar-refractivity contribution < 1.29 is 33.5 Å². The number of piperidine rings is 1. The van der Waals surface area contributed by atoms with Gasteiger partial charge in [0, 0.05) is 25.2 Å². The quantitative estimate of drug-likeness (QED) is 0.108.